The third-order valence-electron chi connectivity index (χ3n) is 3.28. The lowest BCUT2D eigenvalue weighted by atomic mass is 9.94. The summed E-state index contributed by atoms with van der Waals surface area (Å²) in [5, 5.41) is 3.47. The summed E-state index contributed by atoms with van der Waals surface area (Å²) in [5.74, 6) is 1.75. The monoisotopic (exact) mass is 189 g/mol. The Morgan fingerprint density at radius 2 is 2.36 bits per heavy atom. The molecule has 2 nitrogen and oxygen atoms in total. The first-order chi connectivity index (χ1) is 6.86. The predicted octanol–water partition coefficient (Wildman–Crippen LogP) is 1.62. The number of benzene rings is 1. The molecule has 2 aliphatic rings. The standard InChI is InChI=1S/C12H15NO/c1-8-2-3-9-4-5-13-6-10-7-14-12(8)11(9)10/h2-3,10,13H,4-7H2,1H3. The van der Waals surface area contributed by atoms with Gasteiger partial charge in [-0.05, 0) is 31.0 Å². The minimum absolute atomic E-state index is 0.586. The Morgan fingerprint density at radius 1 is 1.43 bits per heavy atom. The van der Waals surface area contributed by atoms with Crippen molar-refractivity contribution >= 4 is 0 Å². The van der Waals surface area contributed by atoms with E-state index in [1.165, 1.54) is 16.7 Å². The van der Waals surface area contributed by atoms with E-state index in [-0.39, 0.29) is 0 Å². The van der Waals surface area contributed by atoms with Gasteiger partial charge >= 0.3 is 0 Å². The molecule has 0 saturated carbocycles. The van der Waals surface area contributed by atoms with Crippen LogP contribution in [-0.4, -0.2) is 19.7 Å². The summed E-state index contributed by atoms with van der Waals surface area (Å²) >= 11 is 0. The Labute approximate surface area is 84.3 Å². The first-order valence-corrected chi connectivity index (χ1v) is 5.32. The van der Waals surface area contributed by atoms with Crippen LogP contribution < -0.4 is 10.1 Å². The zero-order valence-corrected chi connectivity index (χ0v) is 8.47. The molecule has 1 atom stereocenters. The minimum atomic E-state index is 0.586. The largest absolute Gasteiger partial charge is 0.492 e. The molecule has 2 aliphatic heterocycles. The smallest absolute Gasteiger partial charge is 0.126 e. The van der Waals surface area contributed by atoms with Gasteiger partial charge in [0.15, 0.2) is 0 Å². The van der Waals surface area contributed by atoms with E-state index in [4.69, 9.17) is 4.74 Å². The Bertz CT molecular complexity index is 373. The van der Waals surface area contributed by atoms with Crippen LogP contribution in [0.3, 0.4) is 0 Å². The van der Waals surface area contributed by atoms with Gasteiger partial charge in [0.05, 0.1) is 6.61 Å². The maximum atomic E-state index is 5.77. The molecule has 1 aromatic rings. The highest BCUT2D eigenvalue weighted by atomic mass is 16.5. The second kappa shape index (κ2) is 2.99. The lowest BCUT2D eigenvalue weighted by Crippen LogP contribution is -2.21. The highest BCUT2D eigenvalue weighted by Crippen LogP contribution is 2.39. The van der Waals surface area contributed by atoms with E-state index in [1.807, 2.05) is 0 Å². The van der Waals surface area contributed by atoms with E-state index in [1.54, 1.807) is 0 Å². The van der Waals surface area contributed by atoms with Gasteiger partial charge in [0.2, 0.25) is 0 Å². The van der Waals surface area contributed by atoms with E-state index >= 15 is 0 Å². The van der Waals surface area contributed by atoms with Crippen molar-refractivity contribution in [3.8, 4) is 5.75 Å². The highest BCUT2D eigenvalue weighted by molar-refractivity contribution is 5.51. The van der Waals surface area contributed by atoms with Crippen LogP contribution in [0.4, 0.5) is 0 Å². The quantitative estimate of drug-likeness (QED) is 0.669. The van der Waals surface area contributed by atoms with Crippen molar-refractivity contribution in [2.45, 2.75) is 19.3 Å². The van der Waals surface area contributed by atoms with Crippen LogP contribution in [0, 0.1) is 6.92 Å². The molecule has 74 valence electrons. The molecule has 3 rings (SSSR count). The third-order valence-corrected chi connectivity index (χ3v) is 3.28. The molecule has 0 saturated heterocycles. The Balaban J connectivity index is 2.20. The highest BCUT2D eigenvalue weighted by Gasteiger charge is 2.29. The third kappa shape index (κ3) is 1.07. The summed E-state index contributed by atoms with van der Waals surface area (Å²) in [4.78, 5) is 0. The van der Waals surface area contributed by atoms with Crippen LogP contribution in [0.25, 0.3) is 0 Å². The lowest BCUT2D eigenvalue weighted by Gasteiger charge is -2.08. The van der Waals surface area contributed by atoms with Crippen molar-refractivity contribution < 1.29 is 4.74 Å². The first kappa shape index (κ1) is 8.30. The van der Waals surface area contributed by atoms with E-state index in [0.29, 0.717) is 5.92 Å². The van der Waals surface area contributed by atoms with Crippen LogP contribution in [0.2, 0.25) is 0 Å². The van der Waals surface area contributed by atoms with E-state index < -0.39 is 0 Å². The van der Waals surface area contributed by atoms with Gasteiger partial charge in [0.25, 0.3) is 0 Å². The number of aryl methyl sites for hydroxylation is 1. The van der Waals surface area contributed by atoms with Crippen molar-refractivity contribution in [3.63, 3.8) is 0 Å². The molecule has 0 spiro atoms. The molecular formula is C12H15NO. The molecule has 2 heteroatoms. The van der Waals surface area contributed by atoms with Gasteiger partial charge in [-0.2, -0.15) is 0 Å². The van der Waals surface area contributed by atoms with Crippen LogP contribution in [-0.2, 0) is 6.42 Å². The first-order valence-electron chi connectivity index (χ1n) is 5.32. The molecule has 0 amide bonds. The van der Waals surface area contributed by atoms with Gasteiger partial charge in [-0.1, -0.05) is 12.1 Å². The molecule has 0 fully saturated rings. The van der Waals surface area contributed by atoms with E-state index in [9.17, 15) is 0 Å². The summed E-state index contributed by atoms with van der Waals surface area (Å²) in [5.41, 5.74) is 4.25. The van der Waals surface area contributed by atoms with Crippen LogP contribution in [0.15, 0.2) is 12.1 Å². The fourth-order valence-electron chi connectivity index (χ4n) is 2.53. The molecule has 0 bridgehead atoms. The molecule has 1 unspecified atom stereocenters. The summed E-state index contributed by atoms with van der Waals surface area (Å²) in [6, 6.07) is 4.45. The maximum Gasteiger partial charge on any atom is 0.126 e. The van der Waals surface area contributed by atoms with E-state index in [0.717, 1.165) is 31.9 Å². The van der Waals surface area contributed by atoms with Crippen molar-refractivity contribution in [2.75, 3.05) is 19.7 Å². The zero-order valence-electron chi connectivity index (χ0n) is 8.47. The molecule has 2 heterocycles. The molecular weight excluding hydrogens is 174 g/mol. The van der Waals surface area contributed by atoms with Crippen molar-refractivity contribution in [1.82, 2.24) is 5.32 Å². The summed E-state index contributed by atoms with van der Waals surface area (Å²) in [6.45, 7) is 5.17. The van der Waals surface area contributed by atoms with Gasteiger partial charge in [-0.25, -0.2) is 0 Å². The predicted molar refractivity (Wildman–Crippen MR) is 56.0 cm³/mol. The Hall–Kier alpha value is -1.02. The number of hydrogen-bond donors (Lipinski definition) is 1. The topological polar surface area (TPSA) is 21.3 Å². The van der Waals surface area contributed by atoms with Crippen LogP contribution in [0.1, 0.15) is 22.6 Å². The Morgan fingerprint density at radius 3 is 3.29 bits per heavy atom. The van der Waals surface area contributed by atoms with Gasteiger partial charge in [-0.3, -0.25) is 0 Å². The number of hydrogen-bond acceptors (Lipinski definition) is 2. The molecule has 1 N–H and O–H groups in total. The van der Waals surface area contributed by atoms with E-state index in [2.05, 4.69) is 24.4 Å². The van der Waals surface area contributed by atoms with Gasteiger partial charge in [0.1, 0.15) is 5.75 Å². The van der Waals surface area contributed by atoms with Gasteiger partial charge in [0, 0.05) is 18.0 Å². The number of nitrogens with one attached hydrogen (secondary N) is 1. The lowest BCUT2D eigenvalue weighted by molar-refractivity contribution is 0.325. The van der Waals surface area contributed by atoms with Crippen molar-refractivity contribution in [2.24, 2.45) is 0 Å². The normalized spacial score (nSPS) is 23.9. The van der Waals surface area contributed by atoms with Crippen molar-refractivity contribution in [3.05, 3.63) is 28.8 Å². The average molecular weight is 189 g/mol. The van der Waals surface area contributed by atoms with Crippen molar-refractivity contribution in [1.29, 1.82) is 0 Å². The SMILES string of the molecule is Cc1ccc2c3c1OCC3CNCC2. The fraction of sp³-hybridized carbons (Fsp3) is 0.500. The second-order valence-corrected chi connectivity index (χ2v) is 4.25. The summed E-state index contributed by atoms with van der Waals surface area (Å²) < 4.78 is 5.77. The van der Waals surface area contributed by atoms with Gasteiger partial charge < -0.3 is 10.1 Å². The second-order valence-electron chi connectivity index (χ2n) is 4.25. The molecule has 0 radical (unpaired) electrons. The zero-order chi connectivity index (χ0) is 9.54. The minimum Gasteiger partial charge on any atom is -0.492 e. The van der Waals surface area contributed by atoms with Crippen LogP contribution >= 0.6 is 0 Å². The fourth-order valence-corrected chi connectivity index (χ4v) is 2.53. The summed E-state index contributed by atoms with van der Waals surface area (Å²) in [6.07, 6.45) is 1.14. The molecule has 0 aliphatic carbocycles. The molecule has 1 aromatic carbocycles. The molecule has 0 aromatic heterocycles. The number of rotatable bonds is 0. The maximum absolute atomic E-state index is 5.77. The Kier molecular flexibility index (Phi) is 1.77. The molecule has 14 heavy (non-hydrogen) atoms. The van der Waals surface area contributed by atoms with Gasteiger partial charge in [-0.15, -0.1) is 0 Å². The number of ether oxygens (including phenoxy) is 1. The summed E-state index contributed by atoms with van der Waals surface area (Å²) in [7, 11) is 0. The average Bonchev–Trinajstić information content (AvgIpc) is 2.51. The van der Waals surface area contributed by atoms with Crippen LogP contribution in [0.5, 0.6) is 5.75 Å².